The third kappa shape index (κ3) is 5.31. The lowest BCUT2D eigenvalue weighted by Crippen LogP contribution is -2.45. The highest BCUT2D eigenvalue weighted by molar-refractivity contribution is 5.78. The van der Waals surface area contributed by atoms with Crippen LogP contribution in [-0.2, 0) is 22.6 Å². The van der Waals surface area contributed by atoms with Crippen molar-refractivity contribution < 1.29 is 14.0 Å². The van der Waals surface area contributed by atoms with Gasteiger partial charge in [0.15, 0.2) is 0 Å². The van der Waals surface area contributed by atoms with Gasteiger partial charge in [0.25, 0.3) is 0 Å². The van der Waals surface area contributed by atoms with Crippen molar-refractivity contribution >= 4 is 11.8 Å². The van der Waals surface area contributed by atoms with Crippen LogP contribution >= 0.6 is 0 Å². The lowest BCUT2D eigenvalue weighted by atomic mass is 9.94. The third-order valence-electron chi connectivity index (χ3n) is 8.56. The van der Waals surface area contributed by atoms with Gasteiger partial charge in [-0.05, 0) is 56.7 Å². The maximum Gasteiger partial charge on any atom is 0.225 e. The van der Waals surface area contributed by atoms with Crippen molar-refractivity contribution in [2.24, 2.45) is 5.92 Å². The number of carbonyl (C=O) groups excluding carboxylic acids is 2. The Kier molecular flexibility index (Phi) is 7.39. The van der Waals surface area contributed by atoms with Gasteiger partial charge < -0.3 is 14.8 Å². The van der Waals surface area contributed by atoms with E-state index in [1.807, 2.05) is 24.8 Å². The number of aryl methyl sites for hydroxylation is 1. The molecule has 2 saturated heterocycles. The van der Waals surface area contributed by atoms with Crippen molar-refractivity contribution in [3.8, 4) is 0 Å². The second-order valence-electron chi connectivity index (χ2n) is 11.4. The summed E-state index contributed by atoms with van der Waals surface area (Å²) < 4.78 is 16.4. The van der Waals surface area contributed by atoms with Gasteiger partial charge >= 0.3 is 0 Å². The Hall–Kier alpha value is -2.74. The Balaban J connectivity index is 1.27. The van der Waals surface area contributed by atoms with Gasteiger partial charge in [0, 0.05) is 56.2 Å². The molecule has 0 saturated carbocycles. The van der Waals surface area contributed by atoms with Crippen molar-refractivity contribution in [2.45, 2.75) is 96.9 Å². The van der Waals surface area contributed by atoms with E-state index in [0.29, 0.717) is 24.7 Å². The number of rotatable bonds is 7. The minimum absolute atomic E-state index is 0.0100. The number of amides is 2. The summed E-state index contributed by atoms with van der Waals surface area (Å²) in [6.45, 7) is 9.83. The van der Waals surface area contributed by atoms with E-state index < -0.39 is 0 Å². The Morgan fingerprint density at radius 1 is 1.16 bits per heavy atom. The number of hydrogen-bond acceptors (Lipinski definition) is 4. The molecule has 3 aliphatic rings. The second kappa shape index (κ2) is 10.6. The van der Waals surface area contributed by atoms with Gasteiger partial charge in [0.2, 0.25) is 11.8 Å². The van der Waals surface area contributed by atoms with E-state index in [2.05, 4.69) is 21.7 Å². The SMILES string of the molecule is CC(=O)NC(CCN1[C@@H]2CC[C@H]1CC(n1c(C)nc3c1CCN(C(=O)C(C)C)C3)C2)c1cccc(F)c1. The summed E-state index contributed by atoms with van der Waals surface area (Å²) >= 11 is 0. The van der Waals surface area contributed by atoms with Gasteiger partial charge in [-0.15, -0.1) is 0 Å². The fourth-order valence-corrected chi connectivity index (χ4v) is 6.97. The highest BCUT2D eigenvalue weighted by Crippen LogP contribution is 2.43. The summed E-state index contributed by atoms with van der Waals surface area (Å²) in [5.74, 6) is 0.920. The van der Waals surface area contributed by atoms with Crippen LogP contribution in [0.4, 0.5) is 4.39 Å². The van der Waals surface area contributed by atoms with Gasteiger partial charge in [-0.25, -0.2) is 9.37 Å². The molecule has 2 amide bonds. The number of piperidine rings is 1. The van der Waals surface area contributed by atoms with Crippen molar-refractivity contribution in [3.63, 3.8) is 0 Å². The van der Waals surface area contributed by atoms with Crippen LogP contribution in [0.25, 0.3) is 0 Å². The first kappa shape index (κ1) is 25.9. The van der Waals surface area contributed by atoms with E-state index in [4.69, 9.17) is 4.98 Å². The molecule has 200 valence electrons. The molecule has 2 unspecified atom stereocenters. The summed E-state index contributed by atoms with van der Waals surface area (Å²) in [4.78, 5) is 33.9. The van der Waals surface area contributed by atoms with Gasteiger partial charge in [0.1, 0.15) is 11.6 Å². The first-order chi connectivity index (χ1) is 17.7. The van der Waals surface area contributed by atoms with Crippen molar-refractivity contribution in [3.05, 3.63) is 52.9 Å². The largest absolute Gasteiger partial charge is 0.349 e. The maximum absolute atomic E-state index is 13.9. The Bertz CT molecular complexity index is 1150. The molecule has 4 heterocycles. The van der Waals surface area contributed by atoms with Crippen LogP contribution in [0.5, 0.6) is 0 Å². The van der Waals surface area contributed by atoms with Gasteiger partial charge in [-0.1, -0.05) is 26.0 Å². The molecule has 1 aromatic carbocycles. The Morgan fingerprint density at radius 2 is 1.89 bits per heavy atom. The minimum Gasteiger partial charge on any atom is -0.349 e. The second-order valence-corrected chi connectivity index (χ2v) is 11.4. The topological polar surface area (TPSA) is 70.5 Å². The Labute approximate surface area is 219 Å². The average Bonchev–Trinajstić information content (AvgIpc) is 3.30. The predicted octanol–water partition coefficient (Wildman–Crippen LogP) is 4.31. The van der Waals surface area contributed by atoms with Gasteiger partial charge in [-0.3, -0.25) is 14.5 Å². The highest BCUT2D eigenvalue weighted by atomic mass is 19.1. The zero-order valence-electron chi connectivity index (χ0n) is 22.5. The Morgan fingerprint density at radius 3 is 2.54 bits per heavy atom. The highest BCUT2D eigenvalue weighted by Gasteiger charge is 2.42. The van der Waals surface area contributed by atoms with Gasteiger partial charge in [0.05, 0.1) is 18.3 Å². The quantitative estimate of drug-likeness (QED) is 0.604. The molecule has 7 nitrogen and oxygen atoms in total. The van der Waals surface area contributed by atoms with Gasteiger partial charge in [-0.2, -0.15) is 0 Å². The molecular weight excluding hydrogens is 469 g/mol. The molecule has 2 aromatic rings. The van der Waals surface area contributed by atoms with Crippen LogP contribution in [0.3, 0.4) is 0 Å². The fraction of sp³-hybridized carbons (Fsp3) is 0.621. The molecule has 0 aliphatic carbocycles. The number of nitrogens with one attached hydrogen (secondary N) is 1. The van der Waals surface area contributed by atoms with Crippen LogP contribution in [0.15, 0.2) is 24.3 Å². The lowest BCUT2D eigenvalue weighted by molar-refractivity contribution is -0.135. The summed E-state index contributed by atoms with van der Waals surface area (Å²) in [7, 11) is 0. The lowest BCUT2D eigenvalue weighted by Gasteiger charge is -2.41. The van der Waals surface area contributed by atoms with E-state index in [-0.39, 0.29) is 29.6 Å². The first-order valence-electron chi connectivity index (χ1n) is 13.8. The van der Waals surface area contributed by atoms with E-state index in [1.165, 1.54) is 37.6 Å². The molecule has 2 bridgehead atoms. The maximum atomic E-state index is 13.9. The van der Waals surface area contributed by atoms with E-state index in [0.717, 1.165) is 55.9 Å². The first-order valence-corrected chi connectivity index (χ1v) is 13.8. The summed E-state index contributed by atoms with van der Waals surface area (Å²) in [6, 6.07) is 7.84. The standard InChI is InChI=1S/C29H40FN5O2/c1-18(2)29(37)33-12-11-28-27(17-33)31-19(3)35(28)25-15-23-8-9-24(16-25)34(23)13-10-26(32-20(4)36)21-6-5-7-22(30)14-21/h5-7,14,18,23-26H,8-13,15-17H2,1-4H3,(H,32,36)/t23-,24+,25?,26?. The fourth-order valence-electron chi connectivity index (χ4n) is 6.97. The zero-order chi connectivity index (χ0) is 26.3. The van der Waals surface area contributed by atoms with Crippen LogP contribution < -0.4 is 5.32 Å². The molecule has 8 heteroatoms. The number of nitrogens with zero attached hydrogens (tertiary/aromatic N) is 4. The predicted molar refractivity (Wildman–Crippen MR) is 140 cm³/mol. The molecule has 5 rings (SSSR count). The normalized spacial score (nSPS) is 24.3. The van der Waals surface area contributed by atoms with Crippen LogP contribution in [0.1, 0.15) is 87.7 Å². The molecule has 3 aliphatic heterocycles. The molecule has 4 atom stereocenters. The number of halogens is 1. The smallest absolute Gasteiger partial charge is 0.225 e. The van der Waals surface area contributed by atoms with Crippen molar-refractivity contribution in [1.82, 2.24) is 24.7 Å². The minimum atomic E-state index is -0.274. The number of benzene rings is 1. The molecule has 37 heavy (non-hydrogen) atoms. The van der Waals surface area contributed by atoms with E-state index in [9.17, 15) is 14.0 Å². The number of imidazole rings is 1. The number of hydrogen-bond donors (Lipinski definition) is 1. The number of aromatic nitrogens is 2. The van der Waals surface area contributed by atoms with Crippen LogP contribution in [0.2, 0.25) is 0 Å². The molecule has 1 aromatic heterocycles. The average molecular weight is 510 g/mol. The van der Waals surface area contributed by atoms with Crippen LogP contribution in [-0.4, -0.2) is 56.3 Å². The molecule has 2 fully saturated rings. The number of carbonyl (C=O) groups is 2. The summed E-state index contributed by atoms with van der Waals surface area (Å²) in [6.07, 6.45) is 6.21. The van der Waals surface area contributed by atoms with E-state index >= 15 is 0 Å². The summed E-state index contributed by atoms with van der Waals surface area (Å²) in [5, 5.41) is 3.03. The van der Waals surface area contributed by atoms with Crippen LogP contribution in [0, 0.1) is 18.7 Å². The zero-order valence-corrected chi connectivity index (χ0v) is 22.5. The molecule has 0 spiro atoms. The van der Waals surface area contributed by atoms with E-state index in [1.54, 1.807) is 6.07 Å². The monoisotopic (exact) mass is 509 g/mol. The third-order valence-corrected chi connectivity index (χ3v) is 8.56. The number of fused-ring (bicyclic) bond motifs is 3. The molecule has 0 radical (unpaired) electrons. The molecular formula is C29H40FN5O2. The summed E-state index contributed by atoms with van der Waals surface area (Å²) in [5.41, 5.74) is 3.21. The molecule has 1 N–H and O–H groups in total. The van der Waals surface area contributed by atoms with Crippen molar-refractivity contribution in [1.29, 1.82) is 0 Å². The van der Waals surface area contributed by atoms with Crippen molar-refractivity contribution in [2.75, 3.05) is 13.1 Å².